The van der Waals surface area contributed by atoms with Crippen LogP contribution in [0.15, 0.2) is 46.3 Å². The third-order valence-corrected chi connectivity index (χ3v) is 8.07. The summed E-state index contributed by atoms with van der Waals surface area (Å²) in [5.74, 6) is -3.85. The standard InChI is InChI=1S/C14H13N5O5S2.C8H9NO5.K/c1-2-5-3-25-12-8(11(21)19(12)9(5)13(22)23)17-10(20)7(18-24)6-4-26-14(15)16-6;10-2-1-4-7(8(12)13)9-5(11)3-6(9)14-4;/h2,4,8,12,24H,1,3H2,(H2,15,16)(H,17,20)(H,22,23);1,6-7,10H,2-3H2,(H,12,13);/q;;+1/p-1/b18-7-;4-1-;/t8-,12-;6-,7-;/m11./s1. The maximum Gasteiger partial charge on any atom is 1.00 e. The molecule has 19 heteroatoms. The Morgan fingerprint density at radius 3 is 2.59 bits per heavy atom. The van der Waals surface area contributed by atoms with Crippen LogP contribution in [0.2, 0.25) is 0 Å². The fraction of sp³-hybridized carbons (Fsp3) is 0.318. The van der Waals surface area contributed by atoms with E-state index in [1.54, 1.807) is 0 Å². The number of allylic oxidation sites excluding steroid dienone is 1. The number of anilines is 1. The van der Waals surface area contributed by atoms with E-state index in [-0.39, 0.29) is 98.3 Å². The maximum atomic E-state index is 12.4. The number of carbonyl (C=O) groups excluding carboxylic acids is 4. The van der Waals surface area contributed by atoms with Crippen LogP contribution in [0.4, 0.5) is 5.13 Å². The molecule has 0 aromatic carbocycles. The Hall–Kier alpha value is -2.78. The Balaban J connectivity index is 0.000000260. The number of ether oxygens (including phenoxy) is 1. The average molecular weight is 633 g/mol. The molecule has 1 aromatic rings. The van der Waals surface area contributed by atoms with E-state index in [4.69, 9.17) is 20.8 Å². The van der Waals surface area contributed by atoms with E-state index >= 15 is 0 Å². The molecule has 0 aliphatic carbocycles. The molecule has 3 saturated heterocycles. The molecule has 1 aromatic heterocycles. The number of thiazole rings is 1. The van der Waals surface area contributed by atoms with Crippen LogP contribution in [0.5, 0.6) is 0 Å². The summed E-state index contributed by atoms with van der Waals surface area (Å²) in [4.78, 5) is 64.0. The summed E-state index contributed by atoms with van der Waals surface area (Å²) in [6.07, 6.45) is 2.32. The molecule has 0 bridgehead atoms. The van der Waals surface area contributed by atoms with Crippen LogP contribution >= 0.6 is 23.1 Å². The number of amides is 3. The number of nitrogens with one attached hydrogen (secondary N) is 1. The molecule has 212 valence electrons. The van der Waals surface area contributed by atoms with Gasteiger partial charge in [-0.05, 0) is 11.6 Å². The Labute approximate surface area is 282 Å². The molecule has 3 fully saturated rings. The van der Waals surface area contributed by atoms with Crippen molar-refractivity contribution in [1.82, 2.24) is 20.1 Å². The average Bonchev–Trinajstić information content (AvgIpc) is 3.47. The van der Waals surface area contributed by atoms with Crippen molar-refractivity contribution < 1.29 is 101 Å². The molecule has 4 aliphatic heterocycles. The second-order valence-electron chi connectivity index (χ2n) is 8.35. The van der Waals surface area contributed by atoms with Gasteiger partial charge in [0.05, 0.1) is 19.0 Å². The van der Waals surface area contributed by atoms with Gasteiger partial charge in [-0.1, -0.05) is 17.8 Å². The van der Waals surface area contributed by atoms with Crippen LogP contribution in [0, 0.1) is 0 Å². The van der Waals surface area contributed by atoms with Gasteiger partial charge < -0.3 is 41.1 Å². The summed E-state index contributed by atoms with van der Waals surface area (Å²) in [5, 5.41) is 44.2. The van der Waals surface area contributed by atoms with Crippen molar-refractivity contribution in [2.75, 3.05) is 18.1 Å². The van der Waals surface area contributed by atoms with Gasteiger partial charge in [0, 0.05) is 11.1 Å². The molecule has 5 heterocycles. The van der Waals surface area contributed by atoms with Crippen molar-refractivity contribution in [3.05, 3.63) is 46.8 Å². The molecule has 0 unspecified atom stereocenters. The molecule has 6 N–H and O–H groups in total. The second-order valence-corrected chi connectivity index (χ2v) is 10.3. The number of aliphatic hydroxyl groups is 1. The van der Waals surface area contributed by atoms with Crippen LogP contribution in [0.1, 0.15) is 12.1 Å². The van der Waals surface area contributed by atoms with Crippen LogP contribution in [-0.4, -0.2) is 102 Å². The van der Waals surface area contributed by atoms with Gasteiger partial charge in [-0.3, -0.25) is 24.2 Å². The Morgan fingerprint density at radius 1 is 1.37 bits per heavy atom. The first-order valence-corrected chi connectivity index (χ1v) is 13.2. The van der Waals surface area contributed by atoms with E-state index in [2.05, 4.69) is 22.0 Å². The van der Waals surface area contributed by atoms with Gasteiger partial charge in [-0.25, -0.2) is 9.78 Å². The van der Waals surface area contributed by atoms with E-state index in [0.29, 0.717) is 11.3 Å². The Kier molecular flexibility index (Phi) is 10.7. The van der Waals surface area contributed by atoms with Crippen molar-refractivity contribution in [3.63, 3.8) is 0 Å². The monoisotopic (exact) mass is 632 g/mol. The number of nitrogens with two attached hydrogens (primary N) is 1. The minimum Gasteiger partial charge on any atom is -0.547 e. The number of fused-ring (bicyclic) bond motifs is 2. The smallest absolute Gasteiger partial charge is 0.547 e. The molecule has 0 saturated carbocycles. The molecule has 4 atom stereocenters. The van der Waals surface area contributed by atoms with Gasteiger partial charge in [0.25, 0.3) is 11.8 Å². The molecule has 0 radical (unpaired) electrons. The van der Waals surface area contributed by atoms with Gasteiger partial charge in [-0.2, -0.15) is 0 Å². The van der Waals surface area contributed by atoms with Gasteiger partial charge in [-0.15, -0.1) is 23.1 Å². The summed E-state index contributed by atoms with van der Waals surface area (Å²) < 4.78 is 5.13. The largest absolute Gasteiger partial charge is 1.00 e. The van der Waals surface area contributed by atoms with Crippen molar-refractivity contribution in [2.24, 2.45) is 5.16 Å². The number of hydrogen-bond donors (Lipinski definition) is 5. The van der Waals surface area contributed by atoms with Crippen molar-refractivity contribution in [1.29, 1.82) is 0 Å². The van der Waals surface area contributed by atoms with E-state index in [0.717, 1.165) is 21.1 Å². The molecule has 3 amide bonds. The number of nitrogen functional groups attached to an aromatic ring is 1. The summed E-state index contributed by atoms with van der Waals surface area (Å²) in [6, 6.07) is -2.12. The SMILES string of the molecule is C=CC1=C(C(=O)O)N2C(=O)[C@@H](NC(=O)/C(=N\O)c3csc(N)n3)[C@H]2SC1.O=C([O-])[C@H]1/C(=C/CO)O[C@@H]2CC(=O)N21.[K+]. The number of carboxylic acids is 2. The van der Waals surface area contributed by atoms with Gasteiger partial charge >= 0.3 is 57.4 Å². The number of β-lactam (4-membered cyclic amide) rings is 2. The summed E-state index contributed by atoms with van der Waals surface area (Å²) >= 11 is 2.37. The third kappa shape index (κ3) is 6.21. The van der Waals surface area contributed by atoms with E-state index in [1.165, 1.54) is 29.3 Å². The first-order valence-electron chi connectivity index (χ1n) is 11.3. The number of thioether (sulfide) groups is 1. The predicted octanol–water partition coefficient (Wildman–Crippen LogP) is -5.60. The topological polar surface area (TPSA) is 248 Å². The summed E-state index contributed by atoms with van der Waals surface area (Å²) in [6.45, 7) is 3.24. The van der Waals surface area contributed by atoms with Gasteiger partial charge in [0.2, 0.25) is 5.91 Å². The number of carbonyl (C=O) groups is 5. The number of oxime groups is 1. The van der Waals surface area contributed by atoms with Crippen LogP contribution < -0.4 is 67.5 Å². The minimum absolute atomic E-state index is 0. The minimum atomic E-state index is -1.39. The van der Waals surface area contributed by atoms with Crippen LogP contribution in [-0.2, 0) is 28.7 Å². The molecule has 4 aliphatic rings. The normalized spacial score (nSPS) is 25.4. The molecular weight excluding hydrogens is 612 g/mol. The number of aromatic nitrogens is 1. The van der Waals surface area contributed by atoms with Crippen LogP contribution in [0.3, 0.4) is 0 Å². The molecule has 41 heavy (non-hydrogen) atoms. The van der Waals surface area contributed by atoms with Crippen molar-refractivity contribution in [3.8, 4) is 0 Å². The first-order chi connectivity index (χ1) is 19.0. The number of carboxylic acid groups (broad SMARTS) is 2. The van der Waals surface area contributed by atoms with Crippen molar-refractivity contribution >= 4 is 63.6 Å². The fourth-order valence-electron chi connectivity index (χ4n) is 4.27. The first kappa shape index (κ1) is 32.7. The molecule has 0 spiro atoms. The molecular formula is C22H21KN6O10S2. The zero-order chi connectivity index (χ0) is 29.3. The predicted molar refractivity (Wildman–Crippen MR) is 135 cm³/mol. The number of aliphatic carboxylic acids is 2. The maximum absolute atomic E-state index is 12.4. The summed E-state index contributed by atoms with van der Waals surface area (Å²) in [5.41, 5.74) is 5.49. The second kappa shape index (κ2) is 13.5. The van der Waals surface area contributed by atoms with Crippen LogP contribution in [0.25, 0.3) is 0 Å². The number of aliphatic hydroxyl groups excluding tert-OH is 1. The number of rotatable bonds is 7. The van der Waals surface area contributed by atoms with Gasteiger partial charge in [0.15, 0.2) is 17.1 Å². The number of hydrogen-bond acceptors (Lipinski definition) is 14. The van der Waals surface area contributed by atoms with E-state index < -0.39 is 47.4 Å². The third-order valence-electron chi connectivity index (χ3n) is 6.10. The van der Waals surface area contributed by atoms with E-state index in [9.17, 15) is 34.2 Å². The molecule has 5 rings (SSSR count). The van der Waals surface area contributed by atoms with Crippen molar-refractivity contribution in [2.45, 2.75) is 30.1 Å². The van der Waals surface area contributed by atoms with Gasteiger partial charge in [0.1, 0.15) is 34.6 Å². The Bertz CT molecular complexity index is 1390. The van der Waals surface area contributed by atoms with E-state index in [1.807, 2.05) is 0 Å². The summed E-state index contributed by atoms with van der Waals surface area (Å²) in [7, 11) is 0. The molecule has 16 nitrogen and oxygen atoms in total. The zero-order valence-corrected chi connectivity index (χ0v) is 26.0. The quantitative estimate of drug-likeness (QED) is 0.0619. The zero-order valence-electron chi connectivity index (χ0n) is 21.3. The Morgan fingerprint density at radius 2 is 2.07 bits per heavy atom. The number of nitrogens with zero attached hydrogens (tertiary/aromatic N) is 4. The fourth-order valence-corrected chi connectivity index (χ4v) is 6.15.